The Kier molecular flexibility index (Phi) is 5.07. The van der Waals surface area contributed by atoms with E-state index in [2.05, 4.69) is 0 Å². The van der Waals surface area contributed by atoms with Crippen molar-refractivity contribution in [3.63, 3.8) is 0 Å². The molecule has 5 nitrogen and oxygen atoms in total. The van der Waals surface area contributed by atoms with Gasteiger partial charge < -0.3 is 14.1 Å². The number of hydrogen-bond donors (Lipinski definition) is 0. The third kappa shape index (κ3) is 3.61. The summed E-state index contributed by atoms with van der Waals surface area (Å²) in [5.74, 6) is 0.579. The highest BCUT2D eigenvalue weighted by atomic mass is 16.5. The van der Waals surface area contributed by atoms with Crippen LogP contribution in [0.25, 0.3) is 10.8 Å². The minimum absolute atomic E-state index is 0.0185. The van der Waals surface area contributed by atoms with Gasteiger partial charge in [0.1, 0.15) is 17.1 Å². The van der Waals surface area contributed by atoms with Crippen LogP contribution in [-0.2, 0) is 22.5 Å². The van der Waals surface area contributed by atoms with Gasteiger partial charge in [-0.1, -0.05) is 42.5 Å². The Morgan fingerprint density at radius 2 is 1.85 bits per heavy atom. The largest absolute Gasteiger partial charge is 0.465 e. The van der Waals surface area contributed by atoms with E-state index in [1.165, 1.54) is 7.11 Å². The van der Waals surface area contributed by atoms with Gasteiger partial charge in [-0.15, -0.1) is 0 Å². The van der Waals surface area contributed by atoms with Gasteiger partial charge in [-0.05, 0) is 29.3 Å². The van der Waals surface area contributed by atoms with Gasteiger partial charge in [-0.2, -0.15) is 0 Å². The number of amides is 1. The van der Waals surface area contributed by atoms with Crippen molar-refractivity contribution in [2.75, 3.05) is 14.2 Å². The van der Waals surface area contributed by atoms with Crippen LogP contribution in [-0.4, -0.2) is 30.9 Å². The van der Waals surface area contributed by atoms with E-state index in [4.69, 9.17) is 9.15 Å². The lowest BCUT2D eigenvalue weighted by molar-refractivity contribution is -0.129. The highest BCUT2D eigenvalue weighted by molar-refractivity contribution is 5.91. The fourth-order valence-corrected chi connectivity index (χ4v) is 3.00. The molecule has 0 saturated carbocycles. The molecule has 3 aromatic rings. The first-order chi connectivity index (χ1) is 12.5. The van der Waals surface area contributed by atoms with Crippen LogP contribution in [0.4, 0.5) is 0 Å². The molecular weight excluding hydrogens is 330 g/mol. The zero-order valence-corrected chi connectivity index (χ0v) is 15.1. The molecule has 0 aliphatic carbocycles. The van der Waals surface area contributed by atoms with Crippen molar-refractivity contribution >= 4 is 22.6 Å². The van der Waals surface area contributed by atoms with Gasteiger partial charge >= 0.3 is 5.97 Å². The number of aryl methyl sites for hydroxylation is 1. The number of likely N-dealkylation sites (N-methyl/N-ethyl adjacent to an activating group) is 1. The van der Waals surface area contributed by atoms with E-state index in [1.54, 1.807) is 24.9 Å². The summed E-state index contributed by atoms with van der Waals surface area (Å²) in [7, 11) is 3.05. The minimum atomic E-state index is -0.442. The molecule has 1 heterocycles. The third-order valence-electron chi connectivity index (χ3n) is 4.41. The van der Waals surface area contributed by atoms with E-state index < -0.39 is 5.97 Å². The molecule has 0 spiro atoms. The predicted octanol–water partition coefficient (Wildman–Crippen LogP) is 3.73. The first-order valence-corrected chi connectivity index (χ1v) is 8.38. The second-order valence-corrected chi connectivity index (χ2v) is 6.24. The molecule has 0 bridgehead atoms. The number of hydrogen-bond acceptors (Lipinski definition) is 4. The third-order valence-corrected chi connectivity index (χ3v) is 4.41. The second kappa shape index (κ2) is 7.44. The van der Waals surface area contributed by atoms with Crippen molar-refractivity contribution in [1.82, 2.24) is 4.90 Å². The van der Waals surface area contributed by atoms with Gasteiger partial charge in [0, 0.05) is 7.05 Å². The predicted molar refractivity (Wildman–Crippen MR) is 98.9 cm³/mol. The summed E-state index contributed by atoms with van der Waals surface area (Å²) in [4.78, 5) is 25.9. The summed E-state index contributed by atoms with van der Waals surface area (Å²) in [6.45, 7) is 2.00. The van der Waals surface area contributed by atoms with Crippen molar-refractivity contribution in [1.29, 1.82) is 0 Å². The highest BCUT2D eigenvalue weighted by Gasteiger charge is 2.18. The number of fused-ring (bicyclic) bond motifs is 1. The number of rotatable bonds is 5. The quantitative estimate of drug-likeness (QED) is 0.657. The molecule has 0 atom stereocenters. The molecule has 0 unspecified atom stereocenters. The average molecular weight is 351 g/mol. The highest BCUT2D eigenvalue weighted by Crippen LogP contribution is 2.20. The van der Waals surface area contributed by atoms with Gasteiger partial charge in [-0.25, -0.2) is 4.79 Å². The Hall–Kier alpha value is -3.08. The SMILES string of the molecule is COC(=O)c1cc(CN(C)C(=O)Cc2cccc3ccccc23)oc1C. The van der Waals surface area contributed by atoms with Crippen LogP contribution >= 0.6 is 0 Å². The Morgan fingerprint density at radius 3 is 2.62 bits per heavy atom. The maximum Gasteiger partial charge on any atom is 0.341 e. The van der Waals surface area contributed by atoms with Crippen molar-refractivity contribution in [2.45, 2.75) is 19.9 Å². The van der Waals surface area contributed by atoms with Gasteiger partial charge in [0.25, 0.3) is 0 Å². The van der Waals surface area contributed by atoms with E-state index >= 15 is 0 Å². The summed E-state index contributed by atoms with van der Waals surface area (Å²) < 4.78 is 10.3. The second-order valence-electron chi connectivity index (χ2n) is 6.24. The fraction of sp³-hybridized carbons (Fsp3) is 0.238. The lowest BCUT2D eigenvalue weighted by Crippen LogP contribution is -2.27. The maximum atomic E-state index is 12.6. The van der Waals surface area contributed by atoms with Gasteiger partial charge in [-0.3, -0.25) is 4.79 Å². The Morgan fingerprint density at radius 1 is 1.12 bits per heavy atom. The van der Waals surface area contributed by atoms with E-state index in [1.807, 2.05) is 42.5 Å². The molecule has 0 N–H and O–H groups in total. The molecule has 26 heavy (non-hydrogen) atoms. The number of furan rings is 1. The van der Waals surface area contributed by atoms with Gasteiger partial charge in [0.05, 0.1) is 20.1 Å². The van der Waals surface area contributed by atoms with Gasteiger partial charge in [0.2, 0.25) is 5.91 Å². The molecule has 0 fully saturated rings. The first kappa shape index (κ1) is 17.7. The molecule has 0 radical (unpaired) electrons. The lowest BCUT2D eigenvalue weighted by atomic mass is 10.0. The number of methoxy groups -OCH3 is 1. The van der Waals surface area contributed by atoms with Crippen LogP contribution in [0.15, 0.2) is 52.9 Å². The van der Waals surface area contributed by atoms with Crippen molar-refractivity contribution < 1.29 is 18.7 Å². The molecule has 5 heteroatoms. The van der Waals surface area contributed by atoms with Crippen LogP contribution in [0.2, 0.25) is 0 Å². The van der Waals surface area contributed by atoms with Crippen molar-refractivity contribution in [3.05, 3.63) is 71.2 Å². The standard InChI is InChI=1S/C21H21NO4/c1-14-19(21(24)25-3)12-17(26-14)13-22(2)20(23)11-16-9-6-8-15-7-4-5-10-18(15)16/h4-10,12H,11,13H2,1-3H3. The number of nitrogens with zero attached hydrogens (tertiary/aromatic N) is 1. The zero-order chi connectivity index (χ0) is 18.7. The number of esters is 1. The van der Waals surface area contributed by atoms with Gasteiger partial charge in [0.15, 0.2) is 0 Å². The smallest absolute Gasteiger partial charge is 0.341 e. The number of ether oxygens (including phenoxy) is 1. The Bertz CT molecular complexity index is 952. The van der Waals surface area contributed by atoms with E-state index in [0.717, 1.165) is 16.3 Å². The van der Waals surface area contributed by atoms with Crippen LogP contribution < -0.4 is 0 Å². The molecule has 3 rings (SSSR count). The fourth-order valence-electron chi connectivity index (χ4n) is 3.00. The first-order valence-electron chi connectivity index (χ1n) is 8.38. The molecule has 2 aromatic carbocycles. The van der Waals surface area contributed by atoms with E-state index in [-0.39, 0.29) is 5.91 Å². The van der Waals surface area contributed by atoms with E-state index in [0.29, 0.717) is 30.0 Å². The average Bonchev–Trinajstić information content (AvgIpc) is 3.01. The monoisotopic (exact) mass is 351 g/mol. The van der Waals surface area contributed by atoms with Crippen molar-refractivity contribution in [2.24, 2.45) is 0 Å². The number of benzene rings is 2. The molecule has 1 amide bonds. The normalized spacial score (nSPS) is 10.7. The van der Waals surface area contributed by atoms with Crippen LogP contribution in [0, 0.1) is 6.92 Å². The lowest BCUT2D eigenvalue weighted by Gasteiger charge is -2.16. The summed E-state index contributed by atoms with van der Waals surface area (Å²) in [5, 5.41) is 2.20. The maximum absolute atomic E-state index is 12.6. The summed E-state index contributed by atoms with van der Waals surface area (Å²) >= 11 is 0. The molecular formula is C21H21NO4. The topological polar surface area (TPSA) is 59.8 Å². The Labute approximate surface area is 152 Å². The molecule has 1 aromatic heterocycles. The van der Waals surface area contributed by atoms with Crippen molar-refractivity contribution in [3.8, 4) is 0 Å². The summed E-state index contributed by atoms with van der Waals surface area (Å²) in [5.41, 5.74) is 1.38. The molecule has 0 saturated heterocycles. The molecule has 134 valence electrons. The Balaban J connectivity index is 1.73. The van der Waals surface area contributed by atoms with Crippen LogP contribution in [0.3, 0.4) is 0 Å². The zero-order valence-electron chi connectivity index (χ0n) is 15.1. The summed E-state index contributed by atoms with van der Waals surface area (Å²) in [6.07, 6.45) is 0.307. The number of carbonyl (C=O) groups excluding carboxylic acids is 2. The number of carbonyl (C=O) groups is 2. The van der Waals surface area contributed by atoms with Crippen LogP contribution in [0.5, 0.6) is 0 Å². The molecule has 0 aliphatic heterocycles. The molecule has 0 aliphatic rings. The van der Waals surface area contributed by atoms with Crippen LogP contribution in [0.1, 0.15) is 27.4 Å². The summed E-state index contributed by atoms with van der Waals surface area (Å²) in [6, 6.07) is 15.6. The van der Waals surface area contributed by atoms with E-state index in [9.17, 15) is 9.59 Å². The minimum Gasteiger partial charge on any atom is -0.465 e.